The van der Waals surface area contributed by atoms with Crippen molar-refractivity contribution in [3.05, 3.63) is 12.2 Å². The van der Waals surface area contributed by atoms with Gasteiger partial charge in [-0.2, -0.15) is 0 Å². The van der Waals surface area contributed by atoms with Crippen molar-refractivity contribution in [2.24, 2.45) is 17.8 Å². The fraction of sp³-hybridized carbons (Fsp3) is 0.750. The number of aliphatic carboxylic acids is 1. The van der Waals surface area contributed by atoms with Crippen molar-refractivity contribution in [3.8, 4) is 0 Å². The molecule has 5 nitrogen and oxygen atoms in total. The maximum atomic E-state index is 12.3. The molecule has 0 aromatic carbocycles. The number of carboxylic acids is 1. The van der Waals surface area contributed by atoms with Gasteiger partial charge in [0.05, 0.1) is 6.54 Å². The first-order valence-corrected chi connectivity index (χ1v) is 8.01. The molecule has 3 unspecified atom stereocenters. The van der Waals surface area contributed by atoms with Crippen LogP contribution in [0, 0.1) is 17.8 Å². The first-order valence-electron chi connectivity index (χ1n) is 8.01. The zero-order valence-electron chi connectivity index (χ0n) is 12.5. The van der Waals surface area contributed by atoms with Gasteiger partial charge in [0.15, 0.2) is 0 Å². The molecule has 0 radical (unpaired) electrons. The zero-order valence-corrected chi connectivity index (χ0v) is 12.5. The molecular formula is C16H24N2O3. The van der Waals surface area contributed by atoms with Gasteiger partial charge in [0, 0.05) is 18.0 Å². The molecule has 0 spiro atoms. The van der Waals surface area contributed by atoms with E-state index in [1.54, 1.807) is 0 Å². The second-order valence-electron chi connectivity index (χ2n) is 6.67. The van der Waals surface area contributed by atoms with E-state index in [1.807, 2.05) is 11.8 Å². The van der Waals surface area contributed by atoms with Gasteiger partial charge in [0.25, 0.3) is 0 Å². The van der Waals surface area contributed by atoms with Crippen molar-refractivity contribution >= 4 is 11.9 Å². The van der Waals surface area contributed by atoms with Crippen molar-refractivity contribution in [2.75, 3.05) is 13.1 Å². The van der Waals surface area contributed by atoms with Crippen LogP contribution >= 0.6 is 0 Å². The number of carbonyl (C=O) groups excluding carboxylic acids is 1. The predicted octanol–water partition coefficient (Wildman–Crippen LogP) is 1.25. The summed E-state index contributed by atoms with van der Waals surface area (Å²) in [5, 5.41) is 12.0. The van der Waals surface area contributed by atoms with Crippen LogP contribution in [0.2, 0.25) is 0 Å². The lowest BCUT2D eigenvalue weighted by Gasteiger charge is -2.42. The monoisotopic (exact) mass is 292 g/mol. The number of hydrogen-bond donors (Lipinski definition) is 2. The van der Waals surface area contributed by atoms with Gasteiger partial charge in [-0.15, -0.1) is 0 Å². The van der Waals surface area contributed by atoms with E-state index in [-0.39, 0.29) is 24.4 Å². The van der Waals surface area contributed by atoms with Gasteiger partial charge in [-0.3, -0.25) is 14.5 Å². The molecule has 1 amide bonds. The fourth-order valence-electron chi connectivity index (χ4n) is 4.07. The molecule has 2 saturated carbocycles. The summed E-state index contributed by atoms with van der Waals surface area (Å²) >= 11 is 0. The van der Waals surface area contributed by atoms with Crippen molar-refractivity contribution in [1.29, 1.82) is 0 Å². The Bertz CT molecular complexity index is 456. The number of nitrogens with one attached hydrogen (secondary N) is 1. The highest BCUT2D eigenvalue weighted by Crippen LogP contribution is 2.43. The summed E-state index contributed by atoms with van der Waals surface area (Å²) in [6, 6.07) is 0.532. The molecule has 0 heterocycles. The van der Waals surface area contributed by atoms with Gasteiger partial charge >= 0.3 is 5.97 Å². The molecule has 3 rings (SSSR count). The number of amides is 1. The third kappa shape index (κ3) is 2.98. The van der Waals surface area contributed by atoms with Crippen LogP contribution in [0.15, 0.2) is 12.2 Å². The Hall–Kier alpha value is -1.36. The molecule has 3 aliphatic carbocycles. The van der Waals surface area contributed by atoms with E-state index >= 15 is 0 Å². The maximum Gasteiger partial charge on any atom is 0.317 e. The topological polar surface area (TPSA) is 69.6 Å². The zero-order chi connectivity index (χ0) is 15.0. The molecule has 2 fully saturated rings. The average molecular weight is 292 g/mol. The molecule has 0 saturated heterocycles. The SMILES string of the molecule is CCN(CC(=O)O)C1CC(NC(=O)C2CC3C=CC2C3)C1. The molecule has 0 aromatic heterocycles. The van der Waals surface area contributed by atoms with E-state index in [0.717, 1.165) is 32.2 Å². The number of nitrogens with zero attached hydrogens (tertiary/aromatic N) is 1. The number of likely N-dealkylation sites (N-methyl/N-ethyl adjacent to an activating group) is 1. The Morgan fingerprint density at radius 3 is 2.52 bits per heavy atom. The van der Waals surface area contributed by atoms with Crippen molar-refractivity contribution in [1.82, 2.24) is 10.2 Å². The molecule has 21 heavy (non-hydrogen) atoms. The van der Waals surface area contributed by atoms with E-state index in [0.29, 0.717) is 17.9 Å². The quantitative estimate of drug-likeness (QED) is 0.723. The van der Waals surface area contributed by atoms with E-state index in [2.05, 4.69) is 17.5 Å². The van der Waals surface area contributed by atoms with Gasteiger partial charge in [-0.25, -0.2) is 0 Å². The number of rotatable bonds is 6. The summed E-state index contributed by atoms with van der Waals surface area (Å²) in [5.74, 6) is 0.658. The molecule has 3 atom stereocenters. The summed E-state index contributed by atoms with van der Waals surface area (Å²) < 4.78 is 0. The van der Waals surface area contributed by atoms with Gasteiger partial charge in [-0.1, -0.05) is 19.1 Å². The number of allylic oxidation sites excluding steroid dienone is 2. The highest BCUT2D eigenvalue weighted by Gasteiger charge is 2.42. The third-order valence-corrected chi connectivity index (χ3v) is 5.34. The minimum Gasteiger partial charge on any atom is -0.480 e. The first-order chi connectivity index (χ1) is 10.1. The minimum absolute atomic E-state index is 0.0962. The molecule has 0 aromatic rings. The first kappa shape index (κ1) is 14.6. The van der Waals surface area contributed by atoms with Crippen LogP contribution in [0.25, 0.3) is 0 Å². The van der Waals surface area contributed by atoms with Crippen LogP contribution in [0.1, 0.15) is 32.6 Å². The standard InChI is InChI=1S/C16H24N2O3/c1-2-18(9-15(19)20)13-7-12(8-13)17-16(21)14-6-10-3-4-11(14)5-10/h3-4,10-14H,2,5-9H2,1H3,(H,17,21)(H,19,20). The average Bonchev–Trinajstić information content (AvgIpc) is 3.02. The Morgan fingerprint density at radius 2 is 2.00 bits per heavy atom. The van der Waals surface area contributed by atoms with Crippen LogP contribution in [-0.2, 0) is 9.59 Å². The van der Waals surface area contributed by atoms with E-state index in [9.17, 15) is 9.59 Å². The third-order valence-electron chi connectivity index (χ3n) is 5.34. The van der Waals surface area contributed by atoms with E-state index in [4.69, 9.17) is 5.11 Å². The Morgan fingerprint density at radius 1 is 1.24 bits per heavy atom. The lowest BCUT2D eigenvalue weighted by Crippen LogP contribution is -2.55. The second kappa shape index (κ2) is 5.79. The molecular weight excluding hydrogens is 268 g/mol. The normalized spacial score (nSPS) is 36.8. The predicted molar refractivity (Wildman–Crippen MR) is 78.7 cm³/mol. The molecule has 2 bridgehead atoms. The van der Waals surface area contributed by atoms with E-state index in [1.165, 1.54) is 0 Å². The lowest BCUT2D eigenvalue weighted by atomic mass is 9.84. The summed E-state index contributed by atoms with van der Waals surface area (Å²) in [6.45, 7) is 2.82. The summed E-state index contributed by atoms with van der Waals surface area (Å²) in [6.07, 6.45) is 8.36. The number of carboxylic acid groups (broad SMARTS) is 1. The number of hydrogen-bond acceptors (Lipinski definition) is 3. The van der Waals surface area contributed by atoms with Gasteiger partial charge in [0.1, 0.15) is 0 Å². The Balaban J connectivity index is 1.43. The van der Waals surface area contributed by atoms with Gasteiger partial charge in [0.2, 0.25) is 5.91 Å². The fourth-order valence-corrected chi connectivity index (χ4v) is 4.07. The van der Waals surface area contributed by atoms with Crippen LogP contribution in [-0.4, -0.2) is 47.1 Å². The maximum absolute atomic E-state index is 12.3. The van der Waals surface area contributed by atoms with Gasteiger partial charge < -0.3 is 10.4 Å². The molecule has 2 N–H and O–H groups in total. The largest absolute Gasteiger partial charge is 0.480 e. The van der Waals surface area contributed by atoms with Crippen molar-refractivity contribution < 1.29 is 14.7 Å². The van der Waals surface area contributed by atoms with Crippen LogP contribution in [0.3, 0.4) is 0 Å². The van der Waals surface area contributed by atoms with Gasteiger partial charge in [-0.05, 0) is 44.1 Å². The Labute approximate surface area is 125 Å². The van der Waals surface area contributed by atoms with Crippen LogP contribution < -0.4 is 5.32 Å². The smallest absolute Gasteiger partial charge is 0.317 e. The molecule has 3 aliphatic rings. The summed E-state index contributed by atoms with van der Waals surface area (Å²) in [5.41, 5.74) is 0. The van der Waals surface area contributed by atoms with Crippen molar-refractivity contribution in [3.63, 3.8) is 0 Å². The number of carbonyl (C=O) groups is 2. The highest BCUT2D eigenvalue weighted by atomic mass is 16.4. The second-order valence-corrected chi connectivity index (χ2v) is 6.67. The number of fused-ring (bicyclic) bond motifs is 2. The van der Waals surface area contributed by atoms with Crippen LogP contribution in [0.4, 0.5) is 0 Å². The summed E-state index contributed by atoms with van der Waals surface area (Å²) in [7, 11) is 0. The van der Waals surface area contributed by atoms with Crippen LogP contribution in [0.5, 0.6) is 0 Å². The molecule has 116 valence electrons. The molecule has 0 aliphatic heterocycles. The van der Waals surface area contributed by atoms with E-state index < -0.39 is 5.97 Å². The Kier molecular flexibility index (Phi) is 4.02. The highest BCUT2D eigenvalue weighted by molar-refractivity contribution is 5.80. The lowest BCUT2D eigenvalue weighted by molar-refractivity contribution is -0.140. The van der Waals surface area contributed by atoms with Crippen molar-refractivity contribution in [2.45, 2.75) is 44.7 Å². The summed E-state index contributed by atoms with van der Waals surface area (Å²) in [4.78, 5) is 25.1. The molecule has 5 heteroatoms. The minimum atomic E-state index is -0.780.